The molecule has 1 aromatic carbocycles. The van der Waals surface area contributed by atoms with E-state index in [1.165, 1.54) is 29.7 Å². The standard InChI is InChI=1S/C20H26N4/c1-3-21-14-16-7-8-17(12-15(16)2)23-18-9-10-19(13-18)24-20-6-4-5-11-22-20/h3-8,11-12,18-19,23H,9-10,13-14H2,1-2H3,(H,22,24). The van der Waals surface area contributed by atoms with E-state index in [-0.39, 0.29) is 0 Å². The second-order valence-corrected chi connectivity index (χ2v) is 6.45. The van der Waals surface area contributed by atoms with Crippen molar-refractivity contribution in [3.63, 3.8) is 0 Å². The minimum atomic E-state index is 0.497. The molecule has 0 aliphatic heterocycles. The average molecular weight is 322 g/mol. The van der Waals surface area contributed by atoms with E-state index in [4.69, 9.17) is 0 Å². The predicted octanol–water partition coefficient (Wildman–Crippen LogP) is 4.43. The fraction of sp³-hybridized carbons (Fsp3) is 0.400. The Kier molecular flexibility index (Phi) is 5.47. The Morgan fingerprint density at radius 2 is 2.00 bits per heavy atom. The summed E-state index contributed by atoms with van der Waals surface area (Å²) in [5, 5.41) is 7.22. The van der Waals surface area contributed by atoms with Crippen LogP contribution in [0.15, 0.2) is 47.6 Å². The molecule has 2 aromatic rings. The molecule has 126 valence electrons. The van der Waals surface area contributed by atoms with Crippen LogP contribution in [-0.2, 0) is 6.54 Å². The van der Waals surface area contributed by atoms with E-state index in [1.54, 1.807) is 0 Å². The second kappa shape index (κ2) is 7.95. The summed E-state index contributed by atoms with van der Waals surface area (Å²) < 4.78 is 0. The van der Waals surface area contributed by atoms with Gasteiger partial charge in [0.25, 0.3) is 0 Å². The summed E-state index contributed by atoms with van der Waals surface area (Å²) >= 11 is 0. The van der Waals surface area contributed by atoms with Crippen LogP contribution in [0.25, 0.3) is 0 Å². The largest absolute Gasteiger partial charge is 0.382 e. The highest BCUT2D eigenvalue weighted by atomic mass is 15.0. The first-order chi connectivity index (χ1) is 11.7. The Labute approximate surface area is 144 Å². The van der Waals surface area contributed by atoms with E-state index in [2.05, 4.69) is 45.7 Å². The van der Waals surface area contributed by atoms with Crippen molar-refractivity contribution in [2.75, 3.05) is 10.6 Å². The van der Waals surface area contributed by atoms with Crippen molar-refractivity contribution in [2.45, 2.75) is 51.7 Å². The van der Waals surface area contributed by atoms with Gasteiger partial charge in [0, 0.05) is 24.0 Å². The lowest BCUT2D eigenvalue weighted by atomic mass is 10.1. The Morgan fingerprint density at radius 3 is 2.71 bits per heavy atom. The Balaban J connectivity index is 1.54. The highest BCUT2D eigenvalue weighted by Crippen LogP contribution is 2.26. The van der Waals surface area contributed by atoms with Crippen LogP contribution in [0, 0.1) is 6.92 Å². The van der Waals surface area contributed by atoms with E-state index >= 15 is 0 Å². The first-order valence-electron chi connectivity index (χ1n) is 8.72. The fourth-order valence-corrected chi connectivity index (χ4v) is 3.29. The normalized spacial score (nSPS) is 20.4. The summed E-state index contributed by atoms with van der Waals surface area (Å²) in [4.78, 5) is 8.68. The third-order valence-electron chi connectivity index (χ3n) is 4.61. The highest BCUT2D eigenvalue weighted by Gasteiger charge is 2.24. The zero-order valence-electron chi connectivity index (χ0n) is 14.5. The smallest absolute Gasteiger partial charge is 0.126 e. The van der Waals surface area contributed by atoms with E-state index in [0.717, 1.165) is 18.8 Å². The number of nitrogens with one attached hydrogen (secondary N) is 2. The van der Waals surface area contributed by atoms with Gasteiger partial charge in [0.1, 0.15) is 5.82 Å². The third kappa shape index (κ3) is 4.34. The van der Waals surface area contributed by atoms with Crippen molar-refractivity contribution >= 4 is 17.7 Å². The molecule has 1 heterocycles. The maximum absolute atomic E-state index is 4.35. The van der Waals surface area contributed by atoms with E-state index in [9.17, 15) is 0 Å². The molecule has 2 N–H and O–H groups in total. The molecular formula is C20H26N4. The molecule has 3 rings (SSSR count). The maximum Gasteiger partial charge on any atom is 0.126 e. The molecule has 0 amide bonds. The molecule has 0 saturated heterocycles. The quantitative estimate of drug-likeness (QED) is 0.774. The Hall–Kier alpha value is -2.36. The van der Waals surface area contributed by atoms with Gasteiger partial charge in [0.05, 0.1) is 6.54 Å². The zero-order chi connectivity index (χ0) is 16.8. The van der Waals surface area contributed by atoms with Gasteiger partial charge in [-0.25, -0.2) is 4.98 Å². The van der Waals surface area contributed by atoms with Gasteiger partial charge >= 0.3 is 0 Å². The molecule has 1 aliphatic carbocycles. The van der Waals surface area contributed by atoms with Crippen LogP contribution in [0.2, 0.25) is 0 Å². The SMILES string of the molecule is CC=NCc1ccc(NC2CCC(Nc3ccccn3)C2)cc1C. The lowest BCUT2D eigenvalue weighted by Gasteiger charge is -2.17. The van der Waals surface area contributed by atoms with Gasteiger partial charge in [0.15, 0.2) is 0 Å². The molecule has 1 fully saturated rings. The lowest BCUT2D eigenvalue weighted by Crippen LogP contribution is -2.21. The number of rotatable bonds is 6. The first kappa shape index (κ1) is 16.5. The number of pyridine rings is 1. The summed E-state index contributed by atoms with van der Waals surface area (Å²) in [6, 6.07) is 13.6. The van der Waals surface area contributed by atoms with Crippen molar-refractivity contribution in [3.8, 4) is 0 Å². The number of hydrogen-bond donors (Lipinski definition) is 2. The molecule has 1 saturated carbocycles. The van der Waals surface area contributed by atoms with Crippen LogP contribution in [0.4, 0.5) is 11.5 Å². The first-order valence-corrected chi connectivity index (χ1v) is 8.72. The van der Waals surface area contributed by atoms with Crippen LogP contribution in [-0.4, -0.2) is 23.3 Å². The fourth-order valence-electron chi connectivity index (χ4n) is 3.29. The number of anilines is 2. The van der Waals surface area contributed by atoms with E-state index < -0.39 is 0 Å². The number of aromatic nitrogens is 1. The predicted molar refractivity (Wildman–Crippen MR) is 102 cm³/mol. The van der Waals surface area contributed by atoms with E-state index in [0.29, 0.717) is 12.1 Å². The summed E-state index contributed by atoms with van der Waals surface area (Å²) in [6.45, 7) is 4.88. The maximum atomic E-state index is 4.35. The average Bonchev–Trinajstić information content (AvgIpc) is 3.02. The van der Waals surface area contributed by atoms with Crippen molar-refractivity contribution in [1.29, 1.82) is 0 Å². The number of hydrogen-bond acceptors (Lipinski definition) is 4. The molecule has 0 bridgehead atoms. The van der Waals surface area contributed by atoms with Crippen molar-refractivity contribution in [3.05, 3.63) is 53.7 Å². The highest BCUT2D eigenvalue weighted by molar-refractivity contribution is 5.54. The summed E-state index contributed by atoms with van der Waals surface area (Å²) in [5.74, 6) is 0.972. The molecule has 1 aliphatic rings. The topological polar surface area (TPSA) is 49.3 Å². The molecule has 4 heteroatoms. The van der Waals surface area contributed by atoms with Gasteiger partial charge in [-0.15, -0.1) is 0 Å². The Bertz CT molecular complexity index is 681. The number of aliphatic imine (C=N–C) groups is 1. The van der Waals surface area contributed by atoms with Crippen molar-refractivity contribution in [1.82, 2.24) is 4.98 Å². The molecule has 24 heavy (non-hydrogen) atoms. The van der Waals surface area contributed by atoms with Gasteiger partial charge in [-0.3, -0.25) is 4.99 Å². The molecule has 0 spiro atoms. The minimum Gasteiger partial charge on any atom is -0.382 e. The molecule has 1 aromatic heterocycles. The second-order valence-electron chi connectivity index (χ2n) is 6.45. The minimum absolute atomic E-state index is 0.497. The van der Waals surface area contributed by atoms with Gasteiger partial charge in [-0.1, -0.05) is 12.1 Å². The van der Waals surface area contributed by atoms with Crippen LogP contribution in [0.1, 0.15) is 37.3 Å². The van der Waals surface area contributed by atoms with Gasteiger partial charge in [-0.05, 0) is 74.7 Å². The van der Waals surface area contributed by atoms with Crippen LogP contribution in [0.5, 0.6) is 0 Å². The Morgan fingerprint density at radius 1 is 1.17 bits per heavy atom. The monoisotopic (exact) mass is 322 g/mol. The van der Waals surface area contributed by atoms with Crippen LogP contribution >= 0.6 is 0 Å². The number of benzene rings is 1. The van der Waals surface area contributed by atoms with Crippen LogP contribution in [0.3, 0.4) is 0 Å². The number of aryl methyl sites for hydroxylation is 1. The molecular weight excluding hydrogens is 296 g/mol. The van der Waals surface area contributed by atoms with Gasteiger partial charge in [-0.2, -0.15) is 0 Å². The molecule has 2 atom stereocenters. The summed E-state index contributed by atoms with van der Waals surface area (Å²) in [7, 11) is 0. The third-order valence-corrected chi connectivity index (χ3v) is 4.61. The van der Waals surface area contributed by atoms with Crippen molar-refractivity contribution in [2.24, 2.45) is 4.99 Å². The zero-order valence-corrected chi connectivity index (χ0v) is 14.5. The number of nitrogens with zero attached hydrogens (tertiary/aromatic N) is 2. The van der Waals surface area contributed by atoms with E-state index in [1.807, 2.05) is 37.5 Å². The van der Waals surface area contributed by atoms with Gasteiger partial charge in [0.2, 0.25) is 0 Å². The lowest BCUT2D eigenvalue weighted by molar-refractivity contribution is 0.722. The molecule has 4 nitrogen and oxygen atoms in total. The molecule has 0 radical (unpaired) electrons. The summed E-state index contributed by atoms with van der Waals surface area (Å²) in [5.41, 5.74) is 3.80. The van der Waals surface area contributed by atoms with Crippen LogP contribution < -0.4 is 10.6 Å². The van der Waals surface area contributed by atoms with Gasteiger partial charge < -0.3 is 10.6 Å². The summed E-state index contributed by atoms with van der Waals surface area (Å²) in [6.07, 6.45) is 7.18. The van der Waals surface area contributed by atoms with Crippen molar-refractivity contribution < 1.29 is 0 Å². The molecule has 2 unspecified atom stereocenters.